The van der Waals surface area contributed by atoms with Gasteiger partial charge in [-0.25, -0.2) is 0 Å². The summed E-state index contributed by atoms with van der Waals surface area (Å²) >= 11 is 0. The molecule has 0 radical (unpaired) electrons. The molecule has 1 fully saturated rings. The zero-order valence-electron chi connectivity index (χ0n) is 14.1. The number of carbonyl (C=O) groups excluding carboxylic acids is 2. The van der Waals surface area contributed by atoms with Gasteiger partial charge in [-0.05, 0) is 38.1 Å². The van der Waals surface area contributed by atoms with E-state index in [1.54, 1.807) is 41.6 Å². The van der Waals surface area contributed by atoms with Crippen molar-refractivity contribution in [1.82, 2.24) is 9.91 Å². The maximum Gasteiger partial charge on any atom is 0.199 e. The predicted molar refractivity (Wildman–Crippen MR) is 96.8 cm³/mol. The van der Waals surface area contributed by atoms with Crippen LogP contribution in [0.2, 0.25) is 0 Å². The minimum atomic E-state index is -0.194. The molecule has 4 rings (SSSR count). The van der Waals surface area contributed by atoms with E-state index in [1.807, 2.05) is 6.08 Å². The molecular formula is C20H21N3O2. The van der Waals surface area contributed by atoms with Crippen LogP contribution in [0, 0.1) is 0 Å². The van der Waals surface area contributed by atoms with Crippen LogP contribution in [0.25, 0.3) is 0 Å². The molecule has 0 unspecified atom stereocenters. The number of fused-ring (bicyclic) bond motifs is 1. The summed E-state index contributed by atoms with van der Waals surface area (Å²) in [6.45, 7) is 3.79. The van der Waals surface area contributed by atoms with E-state index in [1.165, 1.54) is 19.3 Å². The van der Waals surface area contributed by atoms with Crippen LogP contribution >= 0.6 is 0 Å². The molecule has 25 heavy (non-hydrogen) atoms. The first-order valence-electron chi connectivity index (χ1n) is 8.89. The number of hydrogen-bond acceptors (Lipinski definition) is 5. The number of ketones is 2. The molecule has 5 heteroatoms. The number of nitrogens with zero attached hydrogens (tertiary/aromatic N) is 3. The lowest BCUT2D eigenvalue weighted by atomic mass is 10.1. The molecule has 1 aromatic carbocycles. The summed E-state index contributed by atoms with van der Waals surface area (Å²) in [4.78, 5) is 27.9. The Morgan fingerprint density at radius 3 is 2.28 bits per heavy atom. The lowest BCUT2D eigenvalue weighted by molar-refractivity contribution is 0.0982. The van der Waals surface area contributed by atoms with Gasteiger partial charge in [0.2, 0.25) is 0 Å². The van der Waals surface area contributed by atoms with Gasteiger partial charge in [-0.3, -0.25) is 14.6 Å². The molecular weight excluding hydrogens is 314 g/mol. The number of Topliss-reactive ketones (excluding diaryl/α,β-unsaturated/α-hetero) is 2. The Labute approximate surface area is 147 Å². The lowest BCUT2D eigenvalue weighted by Crippen LogP contribution is -2.36. The summed E-state index contributed by atoms with van der Waals surface area (Å²) < 4.78 is 0. The second kappa shape index (κ2) is 6.76. The Morgan fingerprint density at radius 1 is 0.920 bits per heavy atom. The van der Waals surface area contributed by atoms with Crippen molar-refractivity contribution in [3.05, 3.63) is 58.8 Å². The van der Waals surface area contributed by atoms with Crippen molar-refractivity contribution in [3.63, 3.8) is 0 Å². The second-order valence-electron chi connectivity index (χ2n) is 6.61. The summed E-state index contributed by atoms with van der Waals surface area (Å²) in [6.07, 6.45) is 9.09. The van der Waals surface area contributed by atoms with Crippen LogP contribution in [0.15, 0.2) is 52.8 Å². The van der Waals surface area contributed by atoms with Gasteiger partial charge in [0.1, 0.15) is 0 Å². The van der Waals surface area contributed by atoms with Crippen molar-refractivity contribution in [1.29, 1.82) is 0 Å². The highest BCUT2D eigenvalue weighted by atomic mass is 16.2. The average molecular weight is 335 g/mol. The molecule has 5 nitrogen and oxygen atoms in total. The Hall–Kier alpha value is -2.53. The van der Waals surface area contributed by atoms with Crippen LogP contribution < -0.4 is 0 Å². The summed E-state index contributed by atoms with van der Waals surface area (Å²) in [5.41, 5.74) is 1.85. The van der Waals surface area contributed by atoms with E-state index in [2.05, 4.69) is 10.0 Å². The smallest absolute Gasteiger partial charge is 0.199 e. The van der Waals surface area contributed by atoms with Gasteiger partial charge in [0.25, 0.3) is 0 Å². The van der Waals surface area contributed by atoms with Gasteiger partial charge in [-0.2, -0.15) is 5.10 Å². The number of allylic oxidation sites excluding steroid dienone is 3. The maximum absolute atomic E-state index is 12.8. The fourth-order valence-electron chi connectivity index (χ4n) is 3.70. The van der Waals surface area contributed by atoms with Crippen LogP contribution in [0.5, 0.6) is 0 Å². The minimum absolute atomic E-state index is 0.194. The van der Waals surface area contributed by atoms with Crippen LogP contribution in [-0.4, -0.2) is 53.9 Å². The van der Waals surface area contributed by atoms with E-state index in [0.717, 1.165) is 19.6 Å². The molecule has 1 aliphatic carbocycles. The van der Waals surface area contributed by atoms with Crippen LogP contribution in [0.3, 0.4) is 0 Å². The maximum atomic E-state index is 12.8. The minimum Gasteiger partial charge on any atom is -0.301 e. The van der Waals surface area contributed by atoms with Gasteiger partial charge < -0.3 is 4.90 Å². The van der Waals surface area contributed by atoms with Gasteiger partial charge in [-0.15, -0.1) is 0 Å². The summed E-state index contributed by atoms with van der Waals surface area (Å²) in [6, 6.07) is 7.02. The number of likely N-dealkylation sites (tertiary alicyclic amines) is 1. The predicted octanol–water partition coefficient (Wildman–Crippen LogP) is 2.66. The van der Waals surface area contributed by atoms with Crippen molar-refractivity contribution >= 4 is 17.8 Å². The molecule has 0 saturated carbocycles. The molecule has 1 saturated heterocycles. The topological polar surface area (TPSA) is 53.0 Å². The largest absolute Gasteiger partial charge is 0.301 e. The number of rotatable bonds is 3. The zero-order chi connectivity index (χ0) is 17.2. The van der Waals surface area contributed by atoms with Gasteiger partial charge in [0.05, 0.1) is 17.8 Å². The lowest BCUT2D eigenvalue weighted by Gasteiger charge is -2.30. The van der Waals surface area contributed by atoms with Crippen molar-refractivity contribution in [2.75, 3.05) is 26.2 Å². The third-order valence-electron chi connectivity index (χ3n) is 5.03. The molecule has 0 atom stereocenters. The van der Waals surface area contributed by atoms with Gasteiger partial charge in [-0.1, -0.05) is 30.7 Å². The molecule has 128 valence electrons. The second-order valence-corrected chi connectivity index (χ2v) is 6.61. The SMILES string of the molecule is O=C1C(=C2C=CC=NN2CCN2CCCCC2)C(=O)c2ccccc21. The highest BCUT2D eigenvalue weighted by Crippen LogP contribution is 2.30. The van der Waals surface area contributed by atoms with Gasteiger partial charge >= 0.3 is 0 Å². The third-order valence-corrected chi connectivity index (χ3v) is 5.03. The highest BCUT2D eigenvalue weighted by Gasteiger charge is 2.36. The fourth-order valence-corrected chi connectivity index (χ4v) is 3.70. The van der Waals surface area contributed by atoms with Crippen molar-refractivity contribution in [2.24, 2.45) is 5.10 Å². The molecule has 0 bridgehead atoms. The number of carbonyl (C=O) groups is 2. The number of hydrogen-bond donors (Lipinski definition) is 0. The Balaban J connectivity index is 1.60. The molecule has 1 aromatic rings. The zero-order valence-corrected chi connectivity index (χ0v) is 14.1. The standard InChI is InChI=1S/C20H21N3O2/c24-19-15-7-2-3-8-16(15)20(25)18(19)17-9-6-10-21-23(17)14-13-22-11-4-1-5-12-22/h2-3,6-10H,1,4-5,11-14H2. The highest BCUT2D eigenvalue weighted by molar-refractivity contribution is 6.40. The van der Waals surface area contributed by atoms with Crippen LogP contribution in [0.1, 0.15) is 40.0 Å². The first kappa shape index (κ1) is 16.0. The van der Waals surface area contributed by atoms with Crippen LogP contribution in [-0.2, 0) is 0 Å². The Kier molecular flexibility index (Phi) is 4.32. The molecule has 2 aliphatic heterocycles. The van der Waals surface area contributed by atoms with E-state index in [0.29, 0.717) is 23.4 Å². The summed E-state index contributed by atoms with van der Waals surface area (Å²) in [5.74, 6) is -0.388. The first-order chi connectivity index (χ1) is 12.3. The molecule has 0 N–H and O–H groups in total. The van der Waals surface area contributed by atoms with Gasteiger partial charge in [0.15, 0.2) is 11.6 Å². The monoisotopic (exact) mass is 335 g/mol. The number of hydrazone groups is 1. The first-order valence-corrected chi connectivity index (χ1v) is 8.89. The summed E-state index contributed by atoms with van der Waals surface area (Å²) in [7, 11) is 0. The van der Waals surface area contributed by atoms with Crippen molar-refractivity contribution in [2.45, 2.75) is 19.3 Å². The molecule has 0 spiro atoms. The van der Waals surface area contributed by atoms with E-state index in [4.69, 9.17) is 0 Å². The van der Waals surface area contributed by atoms with Gasteiger partial charge in [0, 0.05) is 23.9 Å². The van der Waals surface area contributed by atoms with Crippen molar-refractivity contribution in [3.8, 4) is 0 Å². The van der Waals surface area contributed by atoms with Crippen LogP contribution in [0.4, 0.5) is 0 Å². The normalized spacial score (nSPS) is 20.6. The molecule has 0 aromatic heterocycles. The number of benzene rings is 1. The van der Waals surface area contributed by atoms with E-state index in [-0.39, 0.29) is 17.1 Å². The third kappa shape index (κ3) is 2.96. The number of piperidine rings is 1. The Morgan fingerprint density at radius 2 is 1.60 bits per heavy atom. The van der Waals surface area contributed by atoms with Crippen molar-refractivity contribution < 1.29 is 9.59 Å². The quantitative estimate of drug-likeness (QED) is 0.629. The van der Waals surface area contributed by atoms with E-state index in [9.17, 15) is 9.59 Å². The Bertz CT molecular complexity index is 764. The average Bonchev–Trinajstić information content (AvgIpc) is 2.92. The van der Waals surface area contributed by atoms with E-state index >= 15 is 0 Å². The summed E-state index contributed by atoms with van der Waals surface area (Å²) in [5, 5.41) is 6.20. The fraction of sp³-hybridized carbons (Fsp3) is 0.350. The molecule has 0 amide bonds. The molecule has 3 aliphatic rings. The molecule has 2 heterocycles. The van der Waals surface area contributed by atoms with E-state index < -0.39 is 0 Å².